The van der Waals surface area contributed by atoms with Gasteiger partial charge in [-0.2, -0.15) is 0 Å². The van der Waals surface area contributed by atoms with Crippen LogP contribution in [0.25, 0.3) is 0 Å². The van der Waals surface area contributed by atoms with Crippen LogP contribution in [0.15, 0.2) is 12.3 Å². The number of nitrogens with two attached hydrogens (primary N) is 1. The second-order valence-electron chi connectivity index (χ2n) is 3.77. The predicted octanol–water partition coefficient (Wildman–Crippen LogP) is 0.481. The molecule has 0 aliphatic heterocycles. The molecule has 1 aromatic rings. The third-order valence-corrected chi connectivity index (χ3v) is 3.32. The number of sulfone groups is 1. The van der Waals surface area contributed by atoms with Gasteiger partial charge in [0.1, 0.15) is 20.6 Å². The molecule has 0 unspecified atom stereocenters. The Balaban J connectivity index is 2.85. The Kier molecular flexibility index (Phi) is 4.41. The summed E-state index contributed by atoms with van der Waals surface area (Å²) in [6.45, 7) is 2.16. The first kappa shape index (κ1) is 13.9. The predicted molar refractivity (Wildman–Crippen MR) is 73.1 cm³/mol. The van der Waals surface area contributed by atoms with Crippen molar-refractivity contribution in [2.75, 3.05) is 23.9 Å². The second kappa shape index (κ2) is 5.42. The Morgan fingerprint density at radius 2 is 2.24 bits per heavy atom. The van der Waals surface area contributed by atoms with Crippen LogP contribution >= 0.6 is 12.2 Å². The highest BCUT2D eigenvalue weighted by atomic mass is 32.2. The van der Waals surface area contributed by atoms with Gasteiger partial charge in [-0.3, -0.25) is 0 Å². The van der Waals surface area contributed by atoms with Crippen molar-refractivity contribution in [1.82, 2.24) is 4.98 Å². The van der Waals surface area contributed by atoms with Gasteiger partial charge in [-0.05, 0) is 18.6 Å². The van der Waals surface area contributed by atoms with Crippen molar-refractivity contribution in [1.29, 1.82) is 0 Å². The van der Waals surface area contributed by atoms with E-state index < -0.39 is 9.84 Å². The maximum absolute atomic E-state index is 11.0. The minimum absolute atomic E-state index is 0.0411. The Morgan fingerprint density at radius 1 is 1.59 bits per heavy atom. The van der Waals surface area contributed by atoms with E-state index in [0.29, 0.717) is 11.4 Å². The number of aromatic nitrogens is 1. The SMILES string of the molecule is Cc1ccnc(NCCS(C)(=O)=O)c1C(N)=S. The smallest absolute Gasteiger partial charge is 0.149 e. The average Bonchev–Trinajstić information content (AvgIpc) is 2.14. The molecule has 7 heteroatoms. The van der Waals surface area contributed by atoms with Crippen LogP contribution in [0, 0.1) is 6.92 Å². The van der Waals surface area contributed by atoms with E-state index in [1.807, 2.05) is 6.92 Å². The number of nitrogens with zero attached hydrogens (tertiary/aromatic N) is 1. The molecule has 0 atom stereocenters. The van der Waals surface area contributed by atoms with E-state index >= 15 is 0 Å². The molecular formula is C10H15N3O2S2. The Bertz CT molecular complexity index is 526. The molecule has 0 bridgehead atoms. The fraction of sp³-hybridized carbons (Fsp3) is 0.400. The molecule has 5 nitrogen and oxygen atoms in total. The molecule has 1 rings (SSSR count). The molecule has 0 saturated heterocycles. The van der Waals surface area contributed by atoms with E-state index in [1.54, 1.807) is 12.3 Å². The summed E-state index contributed by atoms with van der Waals surface area (Å²) >= 11 is 4.94. The van der Waals surface area contributed by atoms with Crippen LogP contribution in [0.4, 0.5) is 5.82 Å². The Hall–Kier alpha value is -1.21. The van der Waals surface area contributed by atoms with Crippen LogP contribution < -0.4 is 11.1 Å². The summed E-state index contributed by atoms with van der Waals surface area (Å²) in [7, 11) is -2.99. The quantitative estimate of drug-likeness (QED) is 0.759. The summed E-state index contributed by atoms with van der Waals surface area (Å²) in [6.07, 6.45) is 2.81. The maximum Gasteiger partial charge on any atom is 0.149 e. The van der Waals surface area contributed by atoms with E-state index in [1.165, 1.54) is 6.26 Å². The third-order valence-electron chi connectivity index (χ3n) is 2.17. The lowest BCUT2D eigenvalue weighted by Crippen LogP contribution is -2.19. The van der Waals surface area contributed by atoms with Gasteiger partial charge in [0.05, 0.1) is 11.3 Å². The van der Waals surface area contributed by atoms with Crippen molar-refractivity contribution in [2.24, 2.45) is 5.73 Å². The number of hydrogen-bond acceptors (Lipinski definition) is 5. The highest BCUT2D eigenvalue weighted by molar-refractivity contribution is 7.90. The molecule has 0 aliphatic carbocycles. The summed E-state index contributed by atoms with van der Waals surface area (Å²) in [4.78, 5) is 4.35. The minimum atomic E-state index is -2.99. The number of thiocarbonyl (C=S) groups is 1. The lowest BCUT2D eigenvalue weighted by Gasteiger charge is -2.11. The first-order chi connectivity index (χ1) is 7.81. The van der Waals surface area contributed by atoms with Crippen molar-refractivity contribution in [3.63, 3.8) is 0 Å². The molecule has 0 saturated carbocycles. The molecule has 0 aliphatic rings. The standard InChI is InChI=1S/C10H15N3O2S2/c1-7-3-4-12-10(8(7)9(11)16)13-5-6-17(2,14)15/h3-4H,5-6H2,1-2H3,(H2,11,16)(H,12,13). The number of rotatable bonds is 5. The number of aryl methyl sites for hydroxylation is 1. The molecular weight excluding hydrogens is 258 g/mol. The molecule has 1 heterocycles. The van der Waals surface area contributed by atoms with Crippen molar-refractivity contribution >= 4 is 32.9 Å². The normalized spacial score (nSPS) is 11.2. The molecule has 94 valence electrons. The summed E-state index contributed by atoms with van der Waals surface area (Å²) < 4.78 is 22.0. The van der Waals surface area contributed by atoms with Crippen LogP contribution in [-0.4, -0.2) is 36.9 Å². The zero-order chi connectivity index (χ0) is 13.1. The van der Waals surface area contributed by atoms with Crippen LogP contribution in [-0.2, 0) is 9.84 Å². The molecule has 0 spiro atoms. The van der Waals surface area contributed by atoms with Gasteiger partial charge >= 0.3 is 0 Å². The lowest BCUT2D eigenvalue weighted by molar-refractivity contribution is 0.602. The van der Waals surface area contributed by atoms with E-state index in [9.17, 15) is 8.42 Å². The first-order valence-electron chi connectivity index (χ1n) is 4.98. The Morgan fingerprint density at radius 3 is 2.76 bits per heavy atom. The second-order valence-corrected chi connectivity index (χ2v) is 6.47. The fourth-order valence-electron chi connectivity index (χ4n) is 1.36. The van der Waals surface area contributed by atoms with Gasteiger partial charge < -0.3 is 11.1 Å². The molecule has 0 aromatic carbocycles. The van der Waals surface area contributed by atoms with Gasteiger partial charge in [-0.25, -0.2) is 13.4 Å². The molecule has 0 radical (unpaired) electrons. The molecule has 3 N–H and O–H groups in total. The van der Waals surface area contributed by atoms with E-state index in [2.05, 4.69) is 10.3 Å². The fourth-order valence-corrected chi connectivity index (χ4v) is 2.09. The van der Waals surface area contributed by atoms with Crippen LogP contribution in [0.5, 0.6) is 0 Å². The van der Waals surface area contributed by atoms with Gasteiger partial charge in [0.15, 0.2) is 0 Å². The lowest BCUT2D eigenvalue weighted by atomic mass is 10.1. The number of nitrogens with one attached hydrogen (secondary N) is 1. The summed E-state index contributed by atoms with van der Waals surface area (Å²) in [5.74, 6) is 0.570. The van der Waals surface area contributed by atoms with Crippen molar-refractivity contribution in [3.05, 3.63) is 23.4 Å². The number of anilines is 1. The van der Waals surface area contributed by atoms with Crippen LogP contribution in [0.1, 0.15) is 11.1 Å². The topological polar surface area (TPSA) is 85.1 Å². The van der Waals surface area contributed by atoms with Gasteiger partial charge in [0, 0.05) is 19.0 Å². The maximum atomic E-state index is 11.0. The van der Waals surface area contributed by atoms with E-state index in [4.69, 9.17) is 18.0 Å². The molecule has 0 fully saturated rings. The van der Waals surface area contributed by atoms with Gasteiger partial charge in [0.25, 0.3) is 0 Å². The third kappa shape index (κ3) is 4.27. The van der Waals surface area contributed by atoms with Gasteiger partial charge in [-0.15, -0.1) is 0 Å². The molecule has 0 amide bonds. The zero-order valence-corrected chi connectivity index (χ0v) is 11.4. The van der Waals surface area contributed by atoms with Crippen LogP contribution in [0.3, 0.4) is 0 Å². The summed E-state index contributed by atoms with van der Waals surface area (Å²) in [6, 6.07) is 1.80. The highest BCUT2D eigenvalue weighted by Crippen LogP contribution is 2.16. The zero-order valence-electron chi connectivity index (χ0n) is 9.73. The van der Waals surface area contributed by atoms with Gasteiger partial charge in [-0.1, -0.05) is 12.2 Å². The van der Waals surface area contributed by atoms with Gasteiger partial charge in [0.2, 0.25) is 0 Å². The van der Waals surface area contributed by atoms with E-state index in [0.717, 1.165) is 5.56 Å². The number of pyridine rings is 1. The average molecular weight is 273 g/mol. The van der Waals surface area contributed by atoms with E-state index in [-0.39, 0.29) is 17.3 Å². The number of hydrogen-bond donors (Lipinski definition) is 2. The van der Waals surface area contributed by atoms with Crippen molar-refractivity contribution < 1.29 is 8.42 Å². The van der Waals surface area contributed by atoms with Crippen LogP contribution in [0.2, 0.25) is 0 Å². The summed E-state index contributed by atoms with van der Waals surface area (Å²) in [5, 5.41) is 2.93. The Labute approximate surface area is 106 Å². The highest BCUT2D eigenvalue weighted by Gasteiger charge is 2.10. The van der Waals surface area contributed by atoms with Crippen molar-refractivity contribution in [2.45, 2.75) is 6.92 Å². The minimum Gasteiger partial charge on any atom is -0.389 e. The summed E-state index contributed by atoms with van der Waals surface area (Å²) in [5.41, 5.74) is 7.18. The first-order valence-corrected chi connectivity index (χ1v) is 7.45. The molecule has 17 heavy (non-hydrogen) atoms. The monoisotopic (exact) mass is 273 g/mol. The van der Waals surface area contributed by atoms with Crippen molar-refractivity contribution in [3.8, 4) is 0 Å². The molecule has 1 aromatic heterocycles. The largest absolute Gasteiger partial charge is 0.389 e.